The molecule has 154 valence electrons. The van der Waals surface area contributed by atoms with Crippen LogP contribution in [0.5, 0.6) is 0 Å². The van der Waals surface area contributed by atoms with Crippen LogP contribution in [0.15, 0.2) is 41.8 Å². The summed E-state index contributed by atoms with van der Waals surface area (Å²) in [5.41, 5.74) is 0.866. The lowest BCUT2D eigenvalue weighted by Crippen LogP contribution is -2.50. The van der Waals surface area contributed by atoms with E-state index in [1.165, 1.54) is 11.3 Å². The Morgan fingerprint density at radius 2 is 1.66 bits per heavy atom. The minimum Gasteiger partial charge on any atom is -0.347 e. The maximum atomic E-state index is 12.3. The van der Waals surface area contributed by atoms with Crippen molar-refractivity contribution in [2.24, 2.45) is 0 Å². The number of thiophene rings is 1. The van der Waals surface area contributed by atoms with E-state index >= 15 is 0 Å². The molecule has 1 fully saturated rings. The molecule has 2 heterocycles. The van der Waals surface area contributed by atoms with Gasteiger partial charge < -0.3 is 15.5 Å². The maximum Gasteiger partial charge on any atom is 0.309 e. The summed E-state index contributed by atoms with van der Waals surface area (Å²) < 4.78 is 0. The fourth-order valence-corrected chi connectivity index (χ4v) is 3.82. The Morgan fingerprint density at radius 3 is 2.31 bits per heavy atom. The lowest BCUT2D eigenvalue weighted by atomic mass is 10.2. The molecule has 0 radical (unpaired) electrons. The van der Waals surface area contributed by atoms with E-state index in [1.54, 1.807) is 24.3 Å². The summed E-state index contributed by atoms with van der Waals surface area (Å²) in [6.07, 6.45) is 0. The number of halogens is 1. The molecule has 3 amide bonds. The number of carbonyl (C=O) groups excluding carboxylic acids is 3. The second kappa shape index (κ2) is 10.4. The molecule has 2 aromatic rings. The van der Waals surface area contributed by atoms with Crippen LogP contribution < -0.4 is 10.6 Å². The molecule has 1 aliphatic heterocycles. The Labute approximate surface area is 178 Å². The number of hydrogen-bond acceptors (Lipinski definition) is 5. The number of rotatable bonds is 6. The predicted octanol–water partition coefficient (Wildman–Crippen LogP) is 1.59. The maximum absolute atomic E-state index is 12.3. The van der Waals surface area contributed by atoms with Crippen molar-refractivity contribution in [1.29, 1.82) is 0 Å². The molecule has 3 rings (SSSR count). The van der Waals surface area contributed by atoms with E-state index in [0.29, 0.717) is 31.2 Å². The van der Waals surface area contributed by atoms with Gasteiger partial charge in [0.05, 0.1) is 4.88 Å². The average molecular weight is 435 g/mol. The molecule has 0 spiro atoms. The fraction of sp³-hybridized carbons (Fsp3) is 0.350. The highest BCUT2D eigenvalue weighted by molar-refractivity contribution is 7.12. The first-order chi connectivity index (χ1) is 14.0. The van der Waals surface area contributed by atoms with Crippen LogP contribution in [0.3, 0.4) is 0 Å². The number of amides is 3. The molecular formula is C20H23ClN4O3S. The van der Waals surface area contributed by atoms with E-state index in [0.717, 1.165) is 23.5 Å². The van der Waals surface area contributed by atoms with Gasteiger partial charge in [-0.1, -0.05) is 29.8 Å². The summed E-state index contributed by atoms with van der Waals surface area (Å²) in [6.45, 7) is 4.09. The highest BCUT2D eigenvalue weighted by atomic mass is 35.5. The third-order valence-corrected chi connectivity index (χ3v) is 5.79. The normalized spacial score (nSPS) is 14.4. The molecule has 1 aromatic heterocycles. The van der Waals surface area contributed by atoms with Crippen molar-refractivity contribution in [3.8, 4) is 0 Å². The van der Waals surface area contributed by atoms with Crippen LogP contribution >= 0.6 is 22.9 Å². The standard InChI is InChI=1S/C20H23ClN4O3S/c21-16-5-3-15(4-6-16)14-23-19(27)18(26)22-7-8-24-9-11-25(12-10-24)20(28)17-2-1-13-29-17/h1-6,13H,7-12,14H2,(H,22,26)(H,23,27). The van der Waals surface area contributed by atoms with Crippen molar-refractivity contribution in [1.82, 2.24) is 20.4 Å². The number of nitrogens with one attached hydrogen (secondary N) is 2. The molecule has 0 atom stereocenters. The third kappa shape index (κ3) is 6.28. The molecule has 1 aromatic carbocycles. The topological polar surface area (TPSA) is 81.8 Å². The highest BCUT2D eigenvalue weighted by Gasteiger charge is 2.22. The van der Waals surface area contributed by atoms with Crippen LogP contribution in [0, 0.1) is 0 Å². The Morgan fingerprint density at radius 1 is 0.966 bits per heavy atom. The van der Waals surface area contributed by atoms with Gasteiger partial charge in [0.2, 0.25) is 0 Å². The number of nitrogens with zero attached hydrogens (tertiary/aromatic N) is 2. The molecule has 1 saturated heterocycles. The van der Waals surface area contributed by atoms with Gasteiger partial charge in [-0.2, -0.15) is 0 Å². The third-order valence-electron chi connectivity index (χ3n) is 4.68. The highest BCUT2D eigenvalue weighted by Crippen LogP contribution is 2.13. The van der Waals surface area contributed by atoms with Crippen LogP contribution in [0.2, 0.25) is 5.02 Å². The van der Waals surface area contributed by atoms with Crippen LogP contribution in [0.1, 0.15) is 15.2 Å². The number of piperazine rings is 1. The van der Waals surface area contributed by atoms with Gasteiger partial charge in [0.1, 0.15) is 0 Å². The lowest BCUT2D eigenvalue weighted by Gasteiger charge is -2.34. The van der Waals surface area contributed by atoms with Crippen molar-refractivity contribution in [2.75, 3.05) is 39.3 Å². The first kappa shape index (κ1) is 21.3. The zero-order valence-electron chi connectivity index (χ0n) is 15.9. The van der Waals surface area contributed by atoms with Crippen molar-refractivity contribution in [3.05, 3.63) is 57.2 Å². The molecule has 7 nitrogen and oxygen atoms in total. The van der Waals surface area contributed by atoms with Crippen LogP contribution in [-0.2, 0) is 16.1 Å². The van der Waals surface area contributed by atoms with Crippen LogP contribution in [0.4, 0.5) is 0 Å². The number of carbonyl (C=O) groups is 3. The van der Waals surface area contributed by atoms with E-state index in [-0.39, 0.29) is 12.5 Å². The molecule has 0 bridgehead atoms. The summed E-state index contributed by atoms with van der Waals surface area (Å²) in [6, 6.07) is 10.8. The Kier molecular flexibility index (Phi) is 7.62. The van der Waals surface area contributed by atoms with Crippen LogP contribution in [-0.4, -0.2) is 66.8 Å². The summed E-state index contributed by atoms with van der Waals surface area (Å²) in [5, 5.41) is 7.75. The van der Waals surface area contributed by atoms with Crippen molar-refractivity contribution in [2.45, 2.75) is 6.54 Å². The molecule has 0 saturated carbocycles. The van der Waals surface area contributed by atoms with Gasteiger partial charge in [-0.15, -0.1) is 11.3 Å². The Balaban J connectivity index is 1.31. The van der Waals surface area contributed by atoms with Crippen molar-refractivity contribution >= 4 is 40.7 Å². The SMILES string of the molecule is O=C(NCCN1CCN(C(=O)c2cccs2)CC1)C(=O)NCc1ccc(Cl)cc1. The van der Waals surface area contributed by atoms with E-state index in [1.807, 2.05) is 22.4 Å². The van der Waals surface area contributed by atoms with Gasteiger partial charge in [-0.3, -0.25) is 19.3 Å². The van der Waals surface area contributed by atoms with E-state index < -0.39 is 11.8 Å². The van der Waals surface area contributed by atoms with Gasteiger partial charge in [0.25, 0.3) is 5.91 Å². The van der Waals surface area contributed by atoms with Crippen molar-refractivity contribution in [3.63, 3.8) is 0 Å². The molecule has 29 heavy (non-hydrogen) atoms. The number of hydrogen-bond donors (Lipinski definition) is 2. The molecule has 0 aliphatic carbocycles. The van der Waals surface area contributed by atoms with Gasteiger partial charge in [0.15, 0.2) is 0 Å². The molecular weight excluding hydrogens is 412 g/mol. The number of benzene rings is 1. The van der Waals surface area contributed by atoms with Crippen LogP contribution in [0.25, 0.3) is 0 Å². The quantitative estimate of drug-likeness (QED) is 0.676. The molecule has 1 aliphatic rings. The molecule has 2 N–H and O–H groups in total. The monoisotopic (exact) mass is 434 g/mol. The van der Waals surface area contributed by atoms with E-state index in [4.69, 9.17) is 11.6 Å². The van der Waals surface area contributed by atoms with Gasteiger partial charge >= 0.3 is 11.8 Å². The van der Waals surface area contributed by atoms with Gasteiger partial charge in [-0.05, 0) is 29.1 Å². The van der Waals surface area contributed by atoms with Crippen molar-refractivity contribution < 1.29 is 14.4 Å². The minimum absolute atomic E-state index is 0.0744. The fourth-order valence-electron chi connectivity index (χ4n) is 3.00. The smallest absolute Gasteiger partial charge is 0.309 e. The van der Waals surface area contributed by atoms with E-state index in [9.17, 15) is 14.4 Å². The Bertz CT molecular complexity index is 834. The largest absolute Gasteiger partial charge is 0.347 e. The zero-order valence-corrected chi connectivity index (χ0v) is 17.5. The zero-order chi connectivity index (χ0) is 20.6. The second-order valence-electron chi connectivity index (χ2n) is 6.68. The first-order valence-corrected chi connectivity index (χ1v) is 10.6. The predicted molar refractivity (Wildman–Crippen MR) is 113 cm³/mol. The summed E-state index contributed by atoms with van der Waals surface area (Å²) >= 11 is 7.27. The average Bonchev–Trinajstić information content (AvgIpc) is 3.28. The van der Waals surface area contributed by atoms with Gasteiger partial charge in [-0.25, -0.2) is 0 Å². The summed E-state index contributed by atoms with van der Waals surface area (Å²) in [7, 11) is 0. The lowest BCUT2D eigenvalue weighted by molar-refractivity contribution is -0.139. The minimum atomic E-state index is -0.661. The first-order valence-electron chi connectivity index (χ1n) is 9.38. The van der Waals surface area contributed by atoms with Gasteiger partial charge in [0, 0.05) is 50.8 Å². The summed E-state index contributed by atoms with van der Waals surface area (Å²) in [4.78, 5) is 40.9. The Hall–Kier alpha value is -2.42. The summed E-state index contributed by atoms with van der Waals surface area (Å²) in [5.74, 6) is -1.23. The van der Waals surface area contributed by atoms with E-state index in [2.05, 4.69) is 15.5 Å². The second-order valence-corrected chi connectivity index (χ2v) is 8.06. The molecule has 0 unspecified atom stereocenters. The molecule has 9 heteroatoms.